The molecule has 2 aromatic rings. The van der Waals surface area contributed by atoms with Crippen molar-refractivity contribution in [3.63, 3.8) is 0 Å². The average Bonchev–Trinajstić information content (AvgIpc) is 2.88. The molecule has 8 nitrogen and oxygen atoms in total. The molecule has 23 heavy (non-hydrogen) atoms. The average molecular weight is 311 g/mol. The number of hydrogen-bond donors (Lipinski definition) is 2. The Balaban J connectivity index is 2.27. The molecule has 116 valence electrons. The number of carboxylic acid groups (broad SMARTS) is 1. The molecule has 0 unspecified atom stereocenters. The quantitative estimate of drug-likeness (QED) is 0.856. The van der Waals surface area contributed by atoms with Crippen molar-refractivity contribution in [3.8, 4) is 17.3 Å². The van der Waals surface area contributed by atoms with Crippen LogP contribution in [0.3, 0.4) is 0 Å². The minimum absolute atomic E-state index is 0.0164. The van der Waals surface area contributed by atoms with Gasteiger partial charge in [0.05, 0.1) is 29.1 Å². The fraction of sp³-hybridized carbons (Fsp3) is 0.200. The number of nitrogens with two attached hydrogens (primary N) is 1. The molecule has 2 amide bonds. The van der Waals surface area contributed by atoms with Gasteiger partial charge in [-0.1, -0.05) is 0 Å². The number of aromatic nitrogens is 2. The molecule has 0 aliphatic carbocycles. The molecule has 0 radical (unpaired) electrons. The molecule has 8 heteroatoms. The van der Waals surface area contributed by atoms with Crippen LogP contribution in [0.4, 0.5) is 4.79 Å². The van der Waals surface area contributed by atoms with Crippen LogP contribution >= 0.6 is 0 Å². The van der Waals surface area contributed by atoms with Gasteiger partial charge in [0.1, 0.15) is 6.07 Å². The number of fused-ring (bicyclic) bond motifs is 1. The number of nitriles is 1. The molecule has 0 saturated carbocycles. The number of carbonyl (C=O) groups is 2. The number of carbonyl (C=O) groups excluding carboxylic acids is 1. The van der Waals surface area contributed by atoms with E-state index in [1.54, 1.807) is 29.1 Å². The molecule has 3 rings (SSSR count). The van der Waals surface area contributed by atoms with Crippen LogP contribution in [0.25, 0.3) is 11.3 Å². The predicted molar refractivity (Wildman–Crippen MR) is 79.3 cm³/mol. The lowest BCUT2D eigenvalue weighted by Gasteiger charge is -2.27. The van der Waals surface area contributed by atoms with E-state index in [1.807, 2.05) is 6.07 Å². The zero-order valence-electron chi connectivity index (χ0n) is 12.1. The van der Waals surface area contributed by atoms with Gasteiger partial charge in [0.15, 0.2) is 0 Å². The molecular formula is C15H13N5O3. The van der Waals surface area contributed by atoms with Gasteiger partial charge in [0, 0.05) is 31.0 Å². The van der Waals surface area contributed by atoms with Gasteiger partial charge in [-0.3, -0.25) is 9.78 Å². The van der Waals surface area contributed by atoms with Gasteiger partial charge in [-0.2, -0.15) is 5.26 Å². The summed E-state index contributed by atoms with van der Waals surface area (Å²) in [6, 6.07) is 5.54. The highest BCUT2D eigenvalue weighted by Crippen LogP contribution is 2.33. The number of pyridine rings is 1. The van der Waals surface area contributed by atoms with Gasteiger partial charge in [-0.25, -0.2) is 4.79 Å². The fourth-order valence-corrected chi connectivity index (χ4v) is 2.90. The first-order chi connectivity index (χ1) is 11.0. The van der Waals surface area contributed by atoms with Crippen LogP contribution in [0, 0.1) is 11.3 Å². The van der Waals surface area contributed by atoms with E-state index in [2.05, 4.69) is 4.98 Å². The van der Waals surface area contributed by atoms with Crippen LogP contribution in [0.15, 0.2) is 24.5 Å². The maximum absolute atomic E-state index is 11.9. The molecule has 1 aliphatic rings. The highest BCUT2D eigenvalue weighted by molar-refractivity contribution is 5.99. The van der Waals surface area contributed by atoms with Crippen LogP contribution in [0.2, 0.25) is 0 Å². The third kappa shape index (κ3) is 2.28. The molecule has 2 aromatic heterocycles. The Hall–Kier alpha value is -3.34. The number of hydrogen-bond acceptors (Lipinski definition) is 4. The molecule has 0 bridgehead atoms. The molecule has 0 aromatic carbocycles. The maximum Gasteiger partial charge on any atom is 0.407 e. The highest BCUT2D eigenvalue weighted by atomic mass is 16.4. The Morgan fingerprint density at radius 2 is 2.17 bits per heavy atom. The van der Waals surface area contributed by atoms with Crippen LogP contribution in [0.1, 0.15) is 21.6 Å². The number of nitrogens with zero attached hydrogens (tertiary/aromatic N) is 4. The Morgan fingerprint density at radius 1 is 1.39 bits per heavy atom. The summed E-state index contributed by atoms with van der Waals surface area (Å²) in [4.78, 5) is 28.3. The van der Waals surface area contributed by atoms with Gasteiger partial charge >= 0.3 is 6.09 Å². The van der Waals surface area contributed by atoms with E-state index in [4.69, 9.17) is 10.8 Å². The molecule has 0 fully saturated rings. The molecular weight excluding hydrogens is 298 g/mol. The van der Waals surface area contributed by atoms with E-state index < -0.39 is 12.0 Å². The first-order valence-corrected chi connectivity index (χ1v) is 6.88. The zero-order valence-corrected chi connectivity index (χ0v) is 12.1. The van der Waals surface area contributed by atoms with E-state index in [-0.39, 0.29) is 24.2 Å². The minimum Gasteiger partial charge on any atom is -0.465 e. The highest BCUT2D eigenvalue weighted by Gasteiger charge is 2.32. The van der Waals surface area contributed by atoms with E-state index in [0.717, 1.165) is 0 Å². The first kappa shape index (κ1) is 14.6. The Kier molecular flexibility index (Phi) is 3.46. The Morgan fingerprint density at radius 3 is 2.74 bits per heavy atom. The fourth-order valence-electron chi connectivity index (χ4n) is 2.90. The lowest BCUT2D eigenvalue weighted by Crippen LogP contribution is -2.38. The SMILES string of the molecule is N#Cc1c(C(N)=O)c2n(c1-c1cccnc1)CCN(C(=O)O)C2. The van der Waals surface area contributed by atoms with E-state index in [0.29, 0.717) is 23.5 Å². The Labute approximate surface area is 131 Å². The van der Waals surface area contributed by atoms with Crippen molar-refractivity contribution in [1.29, 1.82) is 5.26 Å². The molecule has 0 saturated heterocycles. The van der Waals surface area contributed by atoms with Crippen molar-refractivity contribution in [2.75, 3.05) is 6.54 Å². The van der Waals surface area contributed by atoms with Crippen molar-refractivity contribution >= 4 is 12.0 Å². The van der Waals surface area contributed by atoms with Crippen molar-refractivity contribution in [2.45, 2.75) is 13.1 Å². The lowest BCUT2D eigenvalue weighted by molar-refractivity contribution is 0.0993. The van der Waals surface area contributed by atoms with Crippen molar-refractivity contribution in [3.05, 3.63) is 41.3 Å². The summed E-state index contributed by atoms with van der Waals surface area (Å²) < 4.78 is 1.79. The summed E-state index contributed by atoms with van der Waals surface area (Å²) in [5.41, 5.74) is 7.36. The van der Waals surface area contributed by atoms with Crippen molar-refractivity contribution < 1.29 is 14.7 Å². The molecule has 3 heterocycles. The normalized spacial score (nSPS) is 13.3. The van der Waals surface area contributed by atoms with Crippen LogP contribution in [-0.2, 0) is 13.1 Å². The number of primary amides is 1. The smallest absolute Gasteiger partial charge is 0.407 e. The lowest BCUT2D eigenvalue weighted by atomic mass is 10.1. The number of amides is 2. The van der Waals surface area contributed by atoms with E-state index >= 15 is 0 Å². The standard InChI is InChI=1S/C15H13N5O3/c16-6-10-12(14(17)21)11-8-19(15(22)23)4-5-20(11)13(10)9-2-1-3-18-7-9/h1-3,7H,4-5,8H2,(H2,17,21)(H,22,23). The molecule has 0 spiro atoms. The molecule has 3 N–H and O–H groups in total. The predicted octanol–water partition coefficient (Wildman–Crippen LogP) is 1.01. The van der Waals surface area contributed by atoms with Gasteiger partial charge in [-0.05, 0) is 12.1 Å². The molecule has 1 aliphatic heterocycles. The van der Waals surface area contributed by atoms with E-state index in [1.165, 1.54) is 4.90 Å². The Bertz CT molecular complexity index is 835. The summed E-state index contributed by atoms with van der Waals surface area (Å²) >= 11 is 0. The summed E-state index contributed by atoms with van der Waals surface area (Å²) in [7, 11) is 0. The topological polar surface area (TPSA) is 125 Å². The second-order valence-corrected chi connectivity index (χ2v) is 5.12. The summed E-state index contributed by atoms with van der Waals surface area (Å²) in [6.07, 6.45) is 2.13. The van der Waals surface area contributed by atoms with Gasteiger partial charge in [-0.15, -0.1) is 0 Å². The largest absolute Gasteiger partial charge is 0.465 e. The van der Waals surface area contributed by atoms with Crippen LogP contribution < -0.4 is 5.73 Å². The monoisotopic (exact) mass is 311 g/mol. The van der Waals surface area contributed by atoms with Gasteiger partial charge in [0.25, 0.3) is 5.91 Å². The van der Waals surface area contributed by atoms with Crippen LogP contribution in [0.5, 0.6) is 0 Å². The summed E-state index contributed by atoms with van der Waals surface area (Å²) in [6.45, 7) is 0.629. The van der Waals surface area contributed by atoms with E-state index in [9.17, 15) is 14.9 Å². The maximum atomic E-state index is 11.9. The molecule has 0 atom stereocenters. The third-order valence-corrected chi connectivity index (χ3v) is 3.87. The van der Waals surface area contributed by atoms with Crippen molar-refractivity contribution in [1.82, 2.24) is 14.5 Å². The number of rotatable bonds is 2. The second-order valence-electron chi connectivity index (χ2n) is 5.12. The van der Waals surface area contributed by atoms with Gasteiger partial charge in [0.2, 0.25) is 0 Å². The minimum atomic E-state index is -1.07. The van der Waals surface area contributed by atoms with Crippen molar-refractivity contribution in [2.24, 2.45) is 5.73 Å². The second kappa shape index (κ2) is 5.46. The first-order valence-electron chi connectivity index (χ1n) is 6.88. The summed E-state index contributed by atoms with van der Waals surface area (Å²) in [5, 5.41) is 18.7. The van der Waals surface area contributed by atoms with Gasteiger partial charge < -0.3 is 20.3 Å². The summed E-state index contributed by atoms with van der Waals surface area (Å²) in [5.74, 6) is -0.743. The third-order valence-electron chi connectivity index (χ3n) is 3.87. The zero-order chi connectivity index (χ0) is 16.6. The van der Waals surface area contributed by atoms with Crippen LogP contribution in [-0.4, -0.2) is 38.1 Å².